The normalized spacial score (nSPS) is 11.7. The van der Waals surface area contributed by atoms with Crippen molar-refractivity contribution in [3.8, 4) is 11.5 Å². The van der Waals surface area contributed by atoms with E-state index in [-0.39, 0.29) is 5.75 Å². The van der Waals surface area contributed by atoms with Crippen LogP contribution in [0.5, 0.6) is 11.5 Å². The highest BCUT2D eigenvalue weighted by Crippen LogP contribution is 2.36. The van der Waals surface area contributed by atoms with Gasteiger partial charge in [-0.15, -0.1) is 0 Å². The minimum atomic E-state index is -3.91. The third-order valence-electron chi connectivity index (χ3n) is 3.73. The van der Waals surface area contributed by atoms with Gasteiger partial charge >= 0.3 is 0 Å². The fourth-order valence-electron chi connectivity index (χ4n) is 2.49. The average Bonchev–Trinajstić information content (AvgIpc) is 2.52. The molecular weight excluding hydrogens is 353 g/mol. The molecule has 0 aliphatic rings. The quantitative estimate of drug-likeness (QED) is 0.671. The van der Waals surface area contributed by atoms with Crippen LogP contribution in [0.3, 0.4) is 0 Å². The summed E-state index contributed by atoms with van der Waals surface area (Å²) in [6.07, 6.45) is 0.781. The van der Waals surface area contributed by atoms with E-state index in [1.807, 2.05) is 0 Å². The van der Waals surface area contributed by atoms with E-state index in [1.54, 1.807) is 25.1 Å². The Morgan fingerprint density at radius 2 is 1.60 bits per heavy atom. The number of ether oxygens (including phenoxy) is 1. The summed E-state index contributed by atoms with van der Waals surface area (Å²) in [6, 6.07) is 8.75. The molecule has 7 heteroatoms. The van der Waals surface area contributed by atoms with Crippen molar-refractivity contribution in [1.82, 2.24) is 0 Å². The first-order valence-corrected chi connectivity index (χ1v) is 9.12. The molecule has 0 amide bonds. The molecule has 0 heterocycles. The van der Waals surface area contributed by atoms with Crippen LogP contribution in [0.25, 0.3) is 10.8 Å². The van der Waals surface area contributed by atoms with Crippen LogP contribution >= 0.6 is 0 Å². The summed E-state index contributed by atoms with van der Waals surface area (Å²) >= 11 is 0. The molecule has 0 bridgehead atoms. The number of sulfone groups is 1. The van der Waals surface area contributed by atoms with Gasteiger partial charge in [-0.3, -0.25) is 0 Å². The van der Waals surface area contributed by atoms with Gasteiger partial charge in [-0.1, -0.05) is 18.2 Å². The molecule has 0 saturated carbocycles. The lowest BCUT2D eigenvalue weighted by atomic mass is 10.1. The van der Waals surface area contributed by atoms with Crippen LogP contribution in [0, 0.1) is 24.4 Å². The van der Waals surface area contributed by atoms with E-state index in [0.29, 0.717) is 28.5 Å². The molecule has 0 spiro atoms. The van der Waals surface area contributed by atoms with Crippen LogP contribution in [0.15, 0.2) is 47.4 Å². The molecule has 0 fully saturated rings. The lowest BCUT2D eigenvalue weighted by molar-refractivity contribution is 0.433. The zero-order valence-electron chi connectivity index (χ0n) is 13.3. The number of rotatable bonds is 3. The molecule has 25 heavy (non-hydrogen) atoms. The molecule has 0 aliphatic heterocycles. The summed E-state index contributed by atoms with van der Waals surface area (Å²) in [5.74, 6) is -2.97. The Balaban J connectivity index is 2.15. The first-order chi connectivity index (χ1) is 11.7. The zero-order chi connectivity index (χ0) is 18.4. The molecule has 0 aromatic heterocycles. The zero-order valence-corrected chi connectivity index (χ0v) is 14.1. The Morgan fingerprint density at radius 3 is 2.28 bits per heavy atom. The van der Waals surface area contributed by atoms with Gasteiger partial charge in [0.05, 0.1) is 0 Å². The maximum Gasteiger partial charge on any atom is 0.178 e. The SMILES string of the molecule is Cc1ccc2ccc(F)cc2c1Oc1cc(F)c(S(C)(=O)=O)cc1F. The number of hydrogen-bond acceptors (Lipinski definition) is 3. The molecule has 0 atom stereocenters. The summed E-state index contributed by atoms with van der Waals surface area (Å²) in [5, 5.41) is 1.06. The van der Waals surface area contributed by atoms with E-state index in [4.69, 9.17) is 4.74 Å². The molecule has 0 saturated heterocycles. The predicted molar refractivity (Wildman–Crippen MR) is 88.2 cm³/mol. The largest absolute Gasteiger partial charge is 0.453 e. The lowest BCUT2D eigenvalue weighted by Gasteiger charge is -2.13. The molecule has 0 unspecified atom stereocenters. The summed E-state index contributed by atoms with van der Waals surface area (Å²) in [5.41, 5.74) is 0.588. The maximum absolute atomic E-state index is 14.2. The van der Waals surface area contributed by atoms with Gasteiger partial charge in [0.15, 0.2) is 21.4 Å². The standard InChI is InChI=1S/C18H13F3O3S/c1-10-3-4-11-5-6-12(19)7-13(11)18(10)24-16-8-15(21)17(9-14(16)20)25(2,22)23/h3-9H,1-2H3. The highest BCUT2D eigenvalue weighted by Gasteiger charge is 2.20. The number of halogens is 3. The summed E-state index contributed by atoms with van der Waals surface area (Å²) in [4.78, 5) is -0.752. The Kier molecular flexibility index (Phi) is 4.20. The second-order valence-corrected chi connectivity index (χ2v) is 7.65. The number of benzene rings is 3. The van der Waals surface area contributed by atoms with Gasteiger partial charge in [-0.05, 0) is 36.1 Å². The van der Waals surface area contributed by atoms with E-state index >= 15 is 0 Å². The Morgan fingerprint density at radius 1 is 0.920 bits per heavy atom. The topological polar surface area (TPSA) is 43.4 Å². The molecule has 0 aliphatic carbocycles. The van der Waals surface area contributed by atoms with Crippen molar-refractivity contribution < 1.29 is 26.3 Å². The van der Waals surface area contributed by atoms with Crippen molar-refractivity contribution in [2.75, 3.05) is 6.26 Å². The molecule has 0 radical (unpaired) electrons. The minimum Gasteiger partial charge on any atom is -0.453 e. The average molecular weight is 366 g/mol. The smallest absolute Gasteiger partial charge is 0.178 e. The van der Waals surface area contributed by atoms with Gasteiger partial charge in [-0.25, -0.2) is 21.6 Å². The van der Waals surface area contributed by atoms with Crippen molar-refractivity contribution >= 4 is 20.6 Å². The second-order valence-electron chi connectivity index (χ2n) is 5.66. The fraction of sp³-hybridized carbons (Fsp3) is 0.111. The van der Waals surface area contributed by atoms with Crippen LogP contribution < -0.4 is 4.74 Å². The molecule has 3 rings (SSSR count). The third kappa shape index (κ3) is 3.32. The highest BCUT2D eigenvalue weighted by atomic mass is 32.2. The van der Waals surface area contributed by atoms with Gasteiger partial charge in [0.25, 0.3) is 0 Å². The third-order valence-corrected chi connectivity index (χ3v) is 4.84. The van der Waals surface area contributed by atoms with E-state index in [2.05, 4.69) is 0 Å². The van der Waals surface area contributed by atoms with Crippen molar-refractivity contribution in [2.24, 2.45) is 0 Å². The first kappa shape index (κ1) is 17.3. The highest BCUT2D eigenvalue weighted by molar-refractivity contribution is 7.90. The summed E-state index contributed by atoms with van der Waals surface area (Å²) in [6.45, 7) is 1.68. The second kappa shape index (κ2) is 6.07. The van der Waals surface area contributed by atoms with Gasteiger partial charge in [-0.2, -0.15) is 0 Å². The summed E-state index contributed by atoms with van der Waals surface area (Å²) < 4.78 is 70.2. The van der Waals surface area contributed by atoms with Gasteiger partial charge < -0.3 is 4.74 Å². The first-order valence-electron chi connectivity index (χ1n) is 7.22. The Hall–Kier alpha value is -2.54. The Bertz CT molecular complexity index is 1090. The van der Waals surface area contributed by atoms with Crippen LogP contribution in [-0.2, 0) is 9.84 Å². The predicted octanol–water partition coefficient (Wildman–Crippen LogP) is 4.76. The van der Waals surface area contributed by atoms with Gasteiger partial charge in [0.1, 0.15) is 22.3 Å². The monoisotopic (exact) mass is 366 g/mol. The maximum atomic E-state index is 14.2. The van der Waals surface area contributed by atoms with Gasteiger partial charge in [0.2, 0.25) is 0 Å². The molecule has 3 nitrogen and oxygen atoms in total. The van der Waals surface area contributed by atoms with Crippen molar-refractivity contribution in [3.05, 3.63) is 65.5 Å². The van der Waals surface area contributed by atoms with Crippen molar-refractivity contribution in [1.29, 1.82) is 0 Å². The van der Waals surface area contributed by atoms with E-state index < -0.39 is 37.9 Å². The Labute approximate surface area is 142 Å². The van der Waals surface area contributed by atoms with E-state index in [9.17, 15) is 21.6 Å². The number of aryl methyl sites for hydroxylation is 1. The van der Waals surface area contributed by atoms with Gasteiger partial charge in [0, 0.05) is 17.7 Å². The minimum absolute atomic E-state index is 0.169. The molecule has 3 aromatic carbocycles. The van der Waals surface area contributed by atoms with Crippen LogP contribution in [0.4, 0.5) is 13.2 Å². The van der Waals surface area contributed by atoms with E-state index in [1.165, 1.54) is 12.1 Å². The molecular formula is C18H13F3O3S. The van der Waals surface area contributed by atoms with Crippen molar-refractivity contribution in [2.45, 2.75) is 11.8 Å². The summed E-state index contributed by atoms with van der Waals surface area (Å²) in [7, 11) is -3.91. The number of hydrogen-bond donors (Lipinski definition) is 0. The van der Waals surface area contributed by atoms with Crippen LogP contribution in [-0.4, -0.2) is 14.7 Å². The lowest BCUT2D eigenvalue weighted by Crippen LogP contribution is -2.03. The molecule has 130 valence electrons. The van der Waals surface area contributed by atoms with Crippen LogP contribution in [0.1, 0.15) is 5.56 Å². The van der Waals surface area contributed by atoms with Crippen molar-refractivity contribution in [3.63, 3.8) is 0 Å². The molecule has 0 N–H and O–H groups in total. The van der Waals surface area contributed by atoms with E-state index in [0.717, 1.165) is 6.26 Å². The van der Waals surface area contributed by atoms with Crippen LogP contribution in [0.2, 0.25) is 0 Å². The fourth-order valence-corrected chi connectivity index (χ4v) is 3.22. The molecule has 3 aromatic rings. The number of fused-ring (bicyclic) bond motifs is 1.